The summed E-state index contributed by atoms with van der Waals surface area (Å²) in [6.45, 7) is 3.38. The molecule has 0 fully saturated rings. The van der Waals surface area contributed by atoms with Gasteiger partial charge in [0.05, 0.1) is 6.07 Å². The Morgan fingerprint density at radius 3 is 2.67 bits per heavy atom. The van der Waals surface area contributed by atoms with Gasteiger partial charge in [-0.2, -0.15) is 5.26 Å². The van der Waals surface area contributed by atoms with Gasteiger partial charge in [-0.05, 0) is 31.0 Å². The summed E-state index contributed by atoms with van der Waals surface area (Å²) < 4.78 is 26.3. The second kappa shape index (κ2) is 6.19. The first-order chi connectivity index (χ1) is 8.40. The second-order valence-corrected chi connectivity index (χ2v) is 6.30. The lowest BCUT2D eigenvalue weighted by Crippen LogP contribution is -2.34. The van der Waals surface area contributed by atoms with Crippen LogP contribution >= 0.6 is 11.6 Å². The molecule has 0 spiro atoms. The Morgan fingerprint density at radius 1 is 1.50 bits per heavy atom. The van der Waals surface area contributed by atoms with Crippen LogP contribution < -0.4 is 4.72 Å². The van der Waals surface area contributed by atoms with E-state index in [1.807, 2.05) is 0 Å². The number of hydrogen-bond acceptors (Lipinski definition) is 3. The van der Waals surface area contributed by atoms with Gasteiger partial charge in [0.25, 0.3) is 0 Å². The predicted molar refractivity (Wildman–Crippen MR) is 71.6 cm³/mol. The van der Waals surface area contributed by atoms with Crippen molar-refractivity contribution in [3.63, 3.8) is 0 Å². The summed E-state index contributed by atoms with van der Waals surface area (Å²) in [4.78, 5) is 0. The fourth-order valence-electron chi connectivity index (χ4n) is 1.55. The SMILES string of the molecule is CCC(C#N)S(=O)(=O)NC(C)c1cccc(Cl)c1. The van der Waals surface area contributed by atoms with Crippen molar-refractivity contribution in [2.24, 2.45) is 0 Å². The minimum absolute atomic E-state index is 0.258. The van der Waals surface area contributed by atoms with Crippen LogP contribution in [-0.4, -0.2) is 13.7 Å². The van der Waals surface area contributed by atoms with E-state index in [1.165, 1.54) is 0 Å². The van der Waals surface area contributed by atoms with Crippen LogP contribution in [0.25, 0.3) is 0 Å². The Bertz CT molecular complexity index is 551. The number of hydrogen-bond donors (Lipinski definition) is 1. The van der Waals surface area contributed by atoms with Crippen molar-refractivity contribution in [3.05, 3.63) is 34.9 Å². The van der Waals surface area contributed by atoms with Crippen molar-refractivity contribution in [3.8, 4) is 6.07 Å². The average molecular weight is 287 g/mol. The third kappa shape index (κ3) is 3.70. The van der Waals surface area contributed by atoms with Crippen molar-refractivity contribution in [2.75, 3.05) is 0 Å². The minimum atomic E-state index is -3.64. The molecule has 2 unspecified atom stereocenters. The molecule has 0 saturated heterocycles. The Kier molecular flexibility index (Phi) is 5.15. The van der Waals surface area contributed by atoms with Gasteiger partial charge in [-0.1, -0.05) is 30.7 Å². The van der Waals surface area contributed by atoms with Gasteiger partial charge in [0, 0.05) is 11.1 Å². The molecule has 0 aliphatic heterocycles. The monoisotopic (exact) mass is 286 g/mol. The van der Waals surface area contributed by atoms with Crippen LogP contribution in [-0.2, 0) is 10.0 Å². The van der Waals surface area contributed by atoms with Crippen molar-refractivity contribution in [2.45, 2.75) is 31.6 Å². The molecular weight excluding hydrogens is 272 g/mol. The van der Waals surface area contributed by atoms with Gasteiger partial charge < -0.3 is 0 Å². The Balaban J connectivity index is 2.89. The molecule has 0 aromatic heterocycles. The van der Waals surface area contributed by atoms with E-state index >= 15 is 0 Å². The van der Waals surface area contributed by atoms with Crippen molar-refractivity contribution >= 4 is 21.6 Å². The molecule has 0 aliphatic rings. The zero-order valence-corrected chi connectivity index (χ0v) is 11.8. The molecule has 0 bridgehead atoms. The maximum Gasteiger partial charge on any atom is 0.228 e. The number of nitrogens with one attached hydrogen (secondary N) is 1. The average Bonchev–Trinajstić information content (AvgIpc) is 2.29. The smallest absolute Gasteiger partial charge is 0.211 e. The fraction of sp³-hybridized carbons (Fsp3) is 0.417. The zero-order valence-electron chi connectivity index (χ0n) is 10.2. The molecular formula is C12H15ClN2O2S. The van der Waals surface area contributed by atoms with E-state index in [2.05, 4.69) is 4.72 Å². The quantitative estimate of drug-likeness (QED) is 0.904. The van der Waals surface area contributed by atoms with Crippen LogP contribution in [0.15, 0.2) is 24.3 Å². The number of nitriles is 1. The molecule has 6 heteroatoms. The highest BCUT2D eigenvalue weighted by molar-refractivity contribution is 7.90. The number of benzene rings is 1. The van der Waals surface area contributed by atoms with Gasteiger partial charge in [0.2, 0.25) is 10.0 Å². The third-order valence-electron chi connectivity index (χ3n) is 2.58. The molecule has 0 saturated carbocycles. The summed E-state index contributed by atoms with van der Waals surface area (Å²) in [5.41, 5.74) is 0.763. The van der Waals surface area contributed by atoms with E-state index < -0.39 is 21.3 Å². The molecule has 0 heterocycles. The van der Waals surface area contributed by atoms with Crippen molar-refractivity contribution in [1.29, 1.82) is 5.26 Å². The van der Waals surface area contributed by atoms with Crippen LogP contribution in [0, 0.1) is 11.3 Å². The highest BCUT2D eigenvalue weighted by Gasteiger charge is 2.25. The molecule has 0 aliphatic carbocycles. The van der Waals surface area contributed by atoms with Gasteiger partial charge in [-0.3, -0.25) is 0 Å². The fourth-order valence-corrected chi connectivity index (χ4v) is 3.12. The van der Waals surface area contributed by atoms with Gasteiger partial charge in [0.15, 0.2) is 5.25 Å². The molecule has 0 radical (unpaired) electrons. The van der Waals surface area contributed by atoms with E-state index in [-0.39, 0.29) is 6.42 Å². The summed E-state index contributed by atoms with van der Waals surface area (Å²) in [7, 11) is -3.64. The third-order valence-corrected chi connectivity index (χ3v) is 4.68. The van der Waals surface area contributed by atoms with Crippen LogP contribution in [0.4, 0.5) is 0 Å². The first-order valence-corrected chi connectivity index (χ1v) is 7.49. The number of sulfonamides is 1. The summed E-state index contributed by atoms with van der Waals surface area (Å²) >= 11 is 5.85. The van der Waals surface area contributed by atoms with Gasteiger partial charge in [0.1, 0.15) is 0 Å². The second-order valence-electron chi connectivity index (χ2n) is 3.97. The number of nitrogens with zero attached hydrogens (tertiary/aromatic N) is 1. The summed E-state index contributed by atoms with van der Waals surface area (Å²) in [5, 5.41) is 8.32. The van der Waals surface area contributed by atoms with Crippen LogP contribution in [0.5, 0.6) is 0 Å². The summed E-state index contributed by atoms with van der Waals surface area (Å²) in [6.07, 6.45) is 0.258. The molecule has 1 aromatic rings. The van der Waals surface area contributed by atoms with Crippen molar-refractivity contribution in [1.82, 2.24) is 4.72 Å². The van der Waals surface area contributed by atoms with Gasteiger partial charge >= 0.3 is 0 Å². The maximum absolute atomic E-state index is 11.9. The molecule has 1 N–H and O–H groups in total. The van der Waals surface area contributed by atoms with Crippen molar-refractivity contribution < 1.29 is 8.42 Å². The van der Waals surface area contributed by atoms with Gasteiger partial charge in [-0.15, -0.1) is 0 Å². The van der Waals surface area contributed by atoms with E-state index in [0.717, 1.165) is 5.56 Å². The topological polar surface area (TPSA) is 70.0 Å². The van der Waals surface area contributed by atoms with E-state index in [9.17, 15) is 8.42 Å². The first kappa shape index (κ1) is 15.0. The zero-order chi connectivity index (χ0) is 13.8. The van der Waals surface area contributed by atoms with E-state index in [1.54, 1.807) is 44.2 Å². The molecule has 1 aromatic carbocycles. The van der Waals surface area contributed by atoms with Crippen LogP contribution in [0.2, 0.25) is 5.02 Å². The maximum atomic E-state index is 11.9. The molecule has 1 rings (SSSR count). The van der Waals surface area contributed by atoms with Crippen LogP contribution in [0.3, 0.4) is 0 Å². The summed E-state index contributed by atoms with van der Waals surface area (Å²) in [5.74, 6) is 0. The van der Waals surface area contributed by atoms with Gasteiger partial charge in [-0.25, -0.2) is 13.1 Å². The van der Waals surface area contributed by atoms with Crippen LogP contribution in [0.1, 0.15) is 31.9 Å². The molecule has 18 heavy (non-hydrogen) atoms. The minimum Gasteiger partial charge on any atom is -0.211 e. The number of halogens is 1. The standard InChI is InChI=1S/C12H15ClN2O2S/c1-3-12(8-14)18(16,17)15-9(2)10-5-4-6-11(13)7-10/h4-7,9,12,15H,3H2,1-2H3. The molecule has 98 valence electrons. The molecule has 0 amide bonds. The first-order valence-electron chi connectivity index (χ1n) is 5.57. The highest BCUT2D eigenvalue weighted by atomic mass is 35.5. The Labute approximate surface area is 113 Å². The lowest BCUT2D eigenvalue weighted by atomic mass is 10.1. The molecule has 4 nitrogen and oxygen atoms in total. The lowest BCUT2D eigenvalue weighted by Gasteiger charge is -2.16. The molecule has 2 atom stereocenters. The Morgan fingerprint density at radius 2 is 2.17 bits per heavy atom. The predicted octanol–water partition coefficient (Wildman–Crippen LogP) is 2.62. The lowest BCUT2D eigenvalue weighted by molar-refractivity contribution is 0.558. The largest absolute Gasteiger partial charge is 0.228 e. The number of rotatable bonds is 5. The summed E-state index contributed by atoms with van der Waals surface area (Å²) in [6, 6.07) is 8.32. The normalized spacial score (nSPS) is 14.8. The van der Waals surface area contributed by atoms with E-state index in [0.29, 0.717) is 5.02 Å². The highest BCUT2D eigenvalue weighted by Crippen LogP contribution is 2.19. The Hall–Kier alpha value is -1.09. The van der Waals surface area contributed by atoms with E-state index in [4.69, 9.17) is 16.9 Å².